The number of hydrogen-bond acceptors (Lipinski definition) is 3. The predicted octanol–water partition coefficient (Wildman–Crippen LogP) is 12.6. The maximum atomic E-state index is 16.8. The Kier molecular flexibility index (Phi) is 8.03. The number of benzene rings is 7. The largest absolute Gasteiger partial charge is 0.468 e. The van der Waals surface area contributed by atoms with Gasteiger partial charge in [0.1, 0.15) is 17.2 Å². The first-order chi connectivity index (χ1) is 29.1. The topological polar surface area (TPSA) is 24.6 Å². The van der Waals surface area contributed by atoms with Crippen LogP contribution < -0.4 is 26.4 Å². The van der Waals surface area contributed by atoms with Gasteiger partial charge in [-0.25, -0.2) is 8.78 Å². The van der Waals surface area contributed by atoms with Gasteiger partial charge >= 0.3 is 0 Å². The monoisotopic (exact) mass is 787 g/mol. The molecular formula is C53H44BF2N3O. The van der Waals surface area contributed by atoms with E-state index in [1.165, 1.54) is 5.56 Å². The molecule has 9 aromatic rings. The summed E-state index contributed by atoms with van der Waals surface area (Å²) in [5, 5.41) is 3.17. The fourth-order valence-electron chi connectivity index (χ4n) is 9.98. The van der Waals surface area contributed by atoms with Gasteiger partial charge in [-0.2, -0.15) is 0 Å². The first-order valence-corrected chi connectivity index (χ1v) is 21.1. The first-order valence-electron chi connectivity index (χ1n) is 21.1. The second-order valence-electron chi connectivity index (χ2n) is 17.4. The number of fused-ring (bicyclic) bond motifs is 9. The van der Waals surface area contributed by atoms with Crippen LogP contribution in [0.3, 0.4) is 0 Å². The Hall–Kier alpha value is -6.60. The van der Waals surface area contributed by atoms with Crippen molar-refractivity contribution < 1.29 is 13.2 Å². The molecule has 2 aliphatic heterocycles. The van der Waals surface area contributed by atoms with Crippen LogP contribution >= 0.6 is 0 Å². The zero-order valence-corrected chi connectivity index (χ0v) is 34.7. The molecular weight excluding hydrogens is 743 g/mol. The Bertz CT molecular complexity index is 3230. The van der Waals surface area contributed by atoms with Gasteiger partial charge in [-0.1, -0.05) is 95.3 Å². The number of para-hydroxylation sites is 2. The number of anilines is 6. The highest BCUT2D eigenvalue weighted by atomic mass is 19.1. The summed E-state index contributed by atoms with van der Waals surface area (Å²) in [6.07, 6.45) is 1.51. The summed E-state index contributed by atoms with van der Waals surface area (Å²) in [5.74, 6) is -0.638. The third kappa shape index (κ3) is 5.14. The quantitative estimate of drug-likeness (QED) is 0.162. The number of aryl methyl sites for hydroxylation is 3. The van der Waals surface area contributed by atoms with Crippen LogP contribution in [0.5, 0.6) is 0 Å². The van der Waals surface area contributed by atoms with Gasteiger partial charge < -0.3 is 18.8 Å². The van der Waals surface area contributed by atoms with Crippen molar-refractivity contribution in [2.45, 2.75) is 59.8 Å². The summed E-state index contributed by atoms with van der Waals surface area (Å²) < 4.78 is 42.7. The molecule has 0 spiro atoms. The van der Waals surface area contributed by atoms with E-state index < -0.39 is 0 Å². The van der Waals surface area contributed by atoms with E-state index in [1.54, 1.807) is 12.1 Å². The molecule has 11 rings (SSSR count). The molecule has 0 unspecified atom stereocenters. The lowest BCUT2D eigenvalue weighted by Gasteiger charge is -2.43. The van der Waals surface area contributed by atoms with E-state index in [4.69, 9.17) is 4.42 Å². The zero-order chi connectivity index (χ0) is 41.2. The van der Waals surface area contributed by atoms with Gasteiger partial charge in [0.25, 0.3) is 6.71 Å². The van der Waals surface area contributed by atoms with Crippen LogP contribution in [0.4, 0.5) is 42.9 Å². The average Bonchev–Trinajstić information content (AvgIpc) is 3.81. The van der Waals surface area contributed by atoms with Crippen LogP contribution in [-0.2, 0) is 18.3 Å². The Labute approximate surface area is 349 Å². The zero-order valence-electron chi connectivity index (χ0n) is 34.7. The molecule has 294 valence electrons. The van der Waals surface area contributed by atoms with Crippen LogP contribution in [0, 0.1) is 18.6 Å². The first kappa shape index (κ1) is 36.5. The van der Waals surface area contributed by atoms with Crippen molar-refractivity contribution in [2.24, 2.45) is 0 Å². The highest BCUT2D eigenvalue weighted by Crippen LogP contribution is 2.50. The minimum absolute atomic E-state index is 0.0779. The van der Waals surface area contributed by atoms with Gasteiger partial charge in [0.05, 0.1) is 33.8 Å². The molecule has 0 saturated heterocycles. The van der Waals surface area contributed by atoms with Gasteiger partial charge in [-0.3, -0.25) is 0 Å². The SMILES string of the molecule is CCc1ccc(F)c(N2c3cccc4c3B(c3cc5c6cc(C(C)(C)C)ccc6n(-c6ccccc6)c5c(C)c32)c2oc3ccccc3c2N4c2cc(CC)ccc2F)c1. The average molecular weight is 788 g/mol. The molecule has 0 aliphatic carbocycles. The molecule has 0 bridgehead atoms. The number of halogens is 2. The third-order valence-electron chi connectivity index (χ3n) is 12.9. The fourth-order valence-corrected chi connectivity index (χ4v) is 9.98. The van der Waals surface area contributed by atoms with Crippen LogP contribution in [0.25, 0.3) is 38.5 Å². The Morgan fingerprint density at radius 1 is 0.600 bits per heavy atom. The molecule has 0 amide bonds. The predicted molar refractivity (Wildman–Crippen MR) is 247 cm³/mol. The van der Waals surface area contributed by atoms with Crippen LogP contribution in [0.2, 0.25) is 0 Å². The van der Waals surface area contributed by atoms with Gasteiger partial charge in [0, 0.05) is 38.9 Å². The van der Waals surface area contributed by atoms with Gasteiger partial charge in [-0.15, -0.1) is 0 Å². The minimum Gasteiger partial charge on any atom is -0.468 e. The van der Waals surface area contributed by atoms with Crippen molar-refractivity contribution in [2.75, 3.05) is 9.80 Å². The number of nitrogens with zero attached hydrogens (tertiary/aromatic N) is 3. The molecule has 0 saturated carbocycles. The van der Waals surface area contributed by atoms with Crippen LogP contribution in [-0.4, -0.2) is 11.3 Å². The number of hydrogen-bond donors (Lipinski definition) is 0. The Morgan fingerprint density at radius 3 is 1.88 bits per heavy atom. The molecule has 0 radical (unpaired) electrons. The van der Waals surface area contributed by atoms with E-state index in [2.05, 4.69) is 123 Å². The number of rotatable bonds is 5. The molecule has 60 heavy (non-hydrogen) atoms. The molecule has 2 aliphatic rings. The van der Waals surface area contributed by atoms with Crippen molar-refractivity contribution in [3.63, 3.8) is 0 Å². The summed E-state index contributed by atoms with van der Waals surface area (Å²) in [6.45, 7) is 12.7. The molecule has 4 heterocycles. The minimum atomic E-state index is -0.389. The van der Waals surface area contributed by atoms with Crippen molar-refractivity contribution in [1.29, 1.82) is 0 Å². The summed E-state index contributed by atoms with van der Waals surface area (Å²) >= 11 is 0. The van der Waals surface area contributed by atoms with Crippen LogP contribution in [0.1, 0.15) is 56.9 Å². The summed E-state index contributed by atoms with van der Waals surface area (Å²) in [6, 6.07) is 44.8. The second kappa shape index (κ2) is 13.2. The van der Waals surface area contributed by atoms with E-state index in [9.17, 15) is 0 Å². The van der Waals surface area contributed by atoms with Gasteiger partial charge in [0.15, 0.2) is 0 Å². The van der Waals surface area contributed by atoms with E-state index in [-0.39, 0.29) is 23.8 Å². The normalized spacial score (nSPS) is 13.4. The lowest BCUT2D eigenvalue weighted by Crippen LogP contribution is -2.61. The maximum Gasteiger partial charge on any atom is 0.297 e. The molecule has 0 N–H and O–H groups in total. The molecule has 7 aromatic carbocycles. The summed E-state index contributed by atoms with van der Waals surface area (Å²) in [4.78, 5) is 4.18. The van der Waals surface area contributed by atoms with E-state index in [0.29, 0.717) is 11.4 Å². The maximum absolute atomic E-state index is 16.8. The highest BCUT2D eigenvalue weighted by molar-refractivity contribution is 7.00. The standard InChI is InChI=1S/C53H44BF2N3O/c1-7-32-21-24-40(55)45(27-32)58-43-18-14-19-44-48(43)54(52-51(36-17-12-13-20-47(36)60-52)59(44)46-28-33(8-2)22-25-41(46)56)39-30-38-37-29-34(53(4,5)6)23-26-42(37)57(35-15-10-9-11-16-35)49(38)31(3)50(39)58/h9-30H,7-8H2,1-6H3. The molecule has 0 fully saturated rings. The molecule has 0 atom stereocenters. The number of furan rings is 1. The lowest BCUT2D eigenvalue weighted by atomic mass is 9.35. The van der Waals surface area contributed by atoms with Crippen molar-refractivity contribution in [3.05, 3.63) is 167 Å². The van der Waals surface area contributed by atoms with E-state index >= 15 is 8.78 Å². The van der Waals surface area contributed by atoms with Crippen molar-refractivity contribution in [3.8, 4) is 5.69 Å². The fraction of sp³-hybridized carbons (Fsp3) is 0.170. The third-order valence-corrected chi connectivity index (χ3v) is 12.9. The summed E-state index contributed by atoms with van der Waals surface area (Å²) in [7, 11) is 0. The molecule has 7 heteroatoms. The molecule has 2 aromatic heterocycles. The molecule has 4 nitrogen and oxygen atoms in total. The van der Waals surface area contributed by atoms with Gasteiger partial charge in [-0.05, 0) is 131 Å². The number of aromatic nitrogens is 1. The second-order valence-corrected chi connectivity index (χ2v) is 17.4. The lowest BCUT2D eigenvalue weighted by molar-refractivity contribution is 0.591. The van der Waals surface area contributed by atoms with Gasteiger partial charge in [0.2, 0.25) is 0 Å². The summed E-state index contributed by atoms with van der Waals surface area (Å²) in [5.41, 5.74) is 15.2. The highest BCUT2D eigenvalue weighted by Gasteiger charge is 2.48. The van der Waals surface area contributed by atoms with E-state index in [1.807, 2.05) is 54.6 Å². The van der Waals surface area contributed by atoms with E-state index in [0.717, 1.165) is 107 Å². The van der Waals surface area contributed by atoms with Crippen LogP contribution in [0.15, 0.2) is 138 Å². The smallest absolute Gasteiger partial charge is 0.297 e. The van der Waals surface area contributed by atoms with Crippen molar-refractivity contribution >= 4 is 90.2 Å². The Morgan fingerprint density at radius 2 is 1.23 bits per heavy atom. The Balaban J connectivity index is 1.33. The van der Waals surface area contributed by atoms with Crippen molar-refractivity contribution in [1.82, 2.24) is 4.57 Å².